The fourth-order valence-corrected chi connectivity index (χ4v) is 5.00. The Kier molecular flexibility index (Phi) is 5.73. The van der Waals surface area contributed by atoms with Crippen LogP contribution in [-0.4, -0.2) is 17.6 Å². The van der Waals surface area contributed by atoms with Gasteiger partial charge in [-0.2, -0.15) is 0 Å². The summed E-state index contributed by atoms with van der Waals surface area (Å²) < 4.78 is 6.32. The number of ether oxygens (including phenoxy) is 1. The largest absolute Gasteiger partial charge is 0.466 e. The van der Waals surface area contributed by atoms with E-state index in [1.807, 2.05) is 13.0 Å². The average molecular weight is 452 g/mol. The standard InChI is InChI=1S/C25H26BrNO2/c1-3-5-13-25(14-12-23(28)29-4-2)20-16-18(26)10-11-19(20)24-21(25)15-17-8-6-7-9-22(17)27-24/h6-11,15-16H,3-5,12-14H2,1-2H3. The molecular weight excluding hydrogens is 426 g/mol. The summed E-state index contributed by atoms with van der Waals surface area (Å²) in [6, 6.07) is 17.1. The Labute approximate surface area is 180 Å². The molecule has 4 rings (SSSR count). The molecule has 150 valence electrons. The minimum absolute atomic E-state index is 0.123. The van der Waals surface area contributed by atoms with Crippen LogP contribution in [0.1, 0.15) is 57.1 Å². The summed E-state index contributed by atoms with van der Waals surface area (Å²) in [4.78, 5) is 17.3. The van der Waals surface area contributed by atoms with Gasteiger partial charge in [-0.3, -0.25) is 4.79 Å². The number of aromatic nitrogens is 1. The highest BCUT2D eigenvalue weighted by molar-refractivity contribution is 9.10. The maximum absolute atomic E-state index is 12.3. The molecule has 4 heteroatoms. The number of halogens is 1. The van der Waals surface area contributed by atoms with Crippen LogP contribution in [0.2, 0.25) is 0 Å². The molecule has 1 aliphatic rings. The molecule has 0 bridgehead atoms. The number of unbranched alkanes of at least 4 members (excludes halogenated alkanes) is 1. The fraction of sp³-hybridized carbons (Fsp3) is 0.360. The van der Waals surface area contributed by atoms with Crippen molar-refractivity contribution in [2.24, 2.45) is 0 Å². The Bertz CT molecular complexity index is 1060. The molecule has 0 amide bonds. The molecule has 3 nitrogen and oxygen atoms in total. The zero-order valence-electron chi connectivity index (χ0n) is 17.0. The van der Waals surface area contributed by atoms with E-state index in [1.54, 1.807) is 0 Å². The van der Waals surface area contributed by atoms with E-state index >= 15 is 0 Å². The molecule has 1 aliphatic carbocycles. The summed E-state index contributed by atoms with van der Waals surface area (Å²) in [5.74, 6) is -0.123. The lowest BCUT2D eigenvalue weighted by Gasteiger charge is -2.32. The quantitative estimate of drug-likeness (QED) is 0.370. The summed E-state index contributed by atoms with van der Waals surface area (Å²) in [6.45, 7) is 4.50. The fourth-order valence-electron chi connectivity index (χ4n) is 4.64. The maximum atomic E-state index is 12.3. The second kappa shape index (κ2) is 8.27. The molecule has 0 fully saturated rings. The first-order valence-corrected chi connectivity index (χ1v) is 11.2. The predicted octanol–water partition coefficient (Wildman–Crippen LogP) is 6.80. The number of rotatable bonds is 7. The maximum Gasteiger partial charge on any atom is 0.305 e. The van der Waals surface area contributed by atoms with Gasteiger partial charge in [-0.15, -0.1) is 0 Å². The second-order valence-electron chi connectivity index (χ2n) is 7.76. The Hall–Kier alpha value is -2.20. The number of carbonyl (C=O) groups excluding carboxylic acids is 1. The molecule has 0 radical (unpaired) electrons. The van der Waals surface area contributed by atoms with Crippen LogP contribution in [0.15, 0.2) is 53.0 Å². The molecule has 2 aromatic carbocycles. The second-order valence-corrected chi connectivity index (χ2v) is 8.67. The number of pyridine rings is 1. The first-order valence-electron chi connectivity index (χ1n) is 10.5. The average Bonchev–Trinajstić information content (AvgIpc) is 2.98. The van der Waals surface area contributed by atoms with Crippen LogP contribution < -0.4 is 0 Å². The van der Waals surface area contributed by atoms with E-state index in [2.05, 4.69) is 65.3 Å². The van der Waals surface area contributed by atoms with Crippen LogP contribution in [0.25, 0.3) is 22.2 Å². The molecule has 29 heavy (non-hydrogen) atoms. The summed E-state index contributed by atoms with van der Waals surface area (Å²) in [5, 5.41) is 1.15. The van der Waals surface area contributed by atoms with E-state index in [9.17, 15) is 4.79 Å². The van der Waals surface area contributed by atoms with Crippen molar-refractivity contribution in [2.75, 3.05) is 6.61 Å². The monoisotopic (exact) mass is 451 g/mol. The van der Waals surface area contributed by atoms with Gasteiger partial charge < -0.3 is 4.74 Å². The molecule has 0 spiro atoms. The SMILES string of the molecule is CCCCC1(CCC(=O)OCC)c2cc(Br)ccc2-c2nc3ccccc3cc21. The number of hydrogen-bond donors (Lipinski definition) is 0. The van der Waals surface area contributed by atoms with Crippen LogP contribution >= 0.6 is 15.9 Å². The van der Waals surface area contributed by atoms with E-state index in [1.165, 1.54) is 16.7 Å². The first kappa shape index (κ1) is 20.1. The van der Waals surface area contributed by atoms with Gasteiger partial charge >= 0.3 is 5.97 Å². The molecule has 3 aromatic rings. The highest BCUT2D eigenvalue weighted by Crippen LogP contribution is 2.54. The van der Waals surface area contributed by atoms with Gasteiger partial charge in [0.25, 0.3) is 0 Å². The molecule has 1 atom stereocenters. The van der Waals surface area contributed by atoms with Crippen molar-refractivity contribution < 1.29 is 9.53 Å². The van der Waals surface area contributed by atoms with Gasteiger partial charge in [-0.1, -0.05) is 60.0 Å². The lowest BCUT2D eigenvalue weighted by Crippen LogP contribution is -2.27. The molecule has 1 aromatic heterocycles. The van der Waals surface area contributed by atoms with Crippen molar-refractivity contribution in [2.45, 2.75) is 51.4 Å². The number of hydrogen-bond acceptors (Lipinski definition) is 3. The van der Waals surface area contributed by atoms with Crippen molar-refractivity contribution >= 4 is 32.8 Å². The normalized spacial score (nSPS) is 17.2. The molecule has 1 unspecified atom stereocenters. The summed E-state index contributed by atoms with van der Waals surface area (Å²) >= 11 is 3.67. The number of carbonyl (C=O) groups is 1. The van der Waals surface area contributed by atoms with E-state index in [0.29, 0.717) is 13.0 Å². The highest BCUT2D eigenvalue weighted by Gasteiger charge is 2.44. The van der Waals surface area contributed by atoms with Crippen molar-refractivity contribution in [3.63, 3.8) is 0 Å². The molecule has 0 saturated heterocycles. The van der Waals surface area contributed by atoms with Crippen molar-refractivity contribution in [3.05, 3.63) is 64.1 Å². The molecule has 0 aliphatic heterocycles. The molecule has 0 saturated carbocycles. The lowest BCUT2D eigenvalue weighted by molar-refractivity contribution is -0.143. The molecular formula is C25H26BrNO2. The van der Waals surface area contributed by atoms with Crippen LogP contribution in [-0.2, 0) is 14.9 Å². The third kappa shape index (κ3) is 3.59. The Morgan fingerprint density at radius 1 is 1.07 bits per heavy atom. The zero-order chi connectivity index (χ0) is 20.4. The van der Waals surface area contributed by atoms with Crippen LogP contribution in [0.5, 0.6) is 0 Å². The van der Waals surface area contributed by atoms with Crippen molar-refractivity contribution in [1.82, 2.24) is 4.98 Å². The summed E-state index contributed by atoms with van der Waals surface area (Å²) in [6.07, 6.45) is 4.36. The van der Waals surface area contributed by atoms with Crippen molar-refractivity contribution in [3.8, 4) is 11.3 Å². The minimum Gasteiger partial charge on any atom is -0.466 e. The molecule has 0 N–H and O–H groups in total. The number of para-hydroxylation sites is 1. The highest BCUT2D eigenvalue weighted by atomic mass is 79.9. The van der Waals surface area contributed by atoms with Crippen molar-refractivity contribution in [1.29, 1.82) is 0 Å². The van der Waals surface area contributed by atoms with Gasteiger partial charge in [0, 0.05) is 27.3 Å². The van der Waals surface area contributed by atoms with Gasteiger partial charge in [0.15, 0.2) is 0 Å². The predicted molar refractivity (Wildman–Crippen MR) is 121 cm³/mol. The van der Waals surface area contributed by atoms with E-state index in [4.69, 9.17) is 9.72 Å². The smallest absolute Gasteiger partial charge is 0.305 e. The van der Waals surface area contributed by atoms with Gasteiger partial charge in [0.2, 0.25) is 0 Å². The lowest BCUT2D eigenvalue weighted by atomic mass is 9.71. The number of nitrogens with zero attached hydrogens (tertiary/aromatic N) is 1. The van der Waals surface area contributed by atoms with Gasteiger partial charge in [0.05, 0.1) is 17.8 Å². The van der Waals surface area contributed by atoms with E-state index in [0.717, 1.165) is 46.8 Å². The Balaban J connectivity index is 1.91. The van der Waals surface area contributed by atoms with E-state index < -0.39 is 0 Å². The summed E-state index contributed by atoms with van der Waals surface area (Å²) in [7, 11) is 0. The number of esters is 1. The topological polar surface area (TPSA) is 39.2 Å². The van der Waals surface area contributed by atoms with Gasteiger partial charge in [0.1, 0.15) is 0 Å². The summed E-state index contributed by atoms with van der Waals surface area (Å²) in [5.41, 5.74) is 5.58. The third-order valence-electron chi connectivity index (χ3n) is 6.01. The molecule has 1 heterocycles. The Morgan fingerprint density at radius 3 is 2.69 bits per heavy atom. The third-order valence-corrected chi connectivity index (χ3v) is 6.50. The Morgan fingerprint density at radius 2 is 1.90 bits per heavy atom. The zero-order valence-corrected chi connectivity index (χ0v) is 18.6. The van der Waals surface area contributed by atoms with Crippen LogP contribution in [0, 0.1) is 0 Å². The number of benzene rings is 2. The van der Waals surface area contributed by atoms with Gasteiger partial charge in [-0.25, -0.2) is 4.98 Å². The van der Waals surface area contributed by atoms with E-state index in [-0.39, 0.29) is 11.4 Å². The first-order chi connectivity index (χ1) is 14.1. The van der Waals surface area contributed by atoms with Crippen LogP contribution in [0.3, 0.4) is 0 Å². The van der Waals surface area contributed by atoms with Gasteiger partial charge in [-0.05, 0) is 55.2 Å². The minimum atomic E-state index is -0.214. The van der Waals surface area contributed by atoms with Crippen LogP contribution in [0.4, 0.5) is 0 Å². The number of fused-ring (bicyclic) bond motifs is 4.